The molecule has 0 aliphatic heterocycles. The molecule has 0 aliphatic rings. The minimum atomic E-state index is -1.05. The molecule has 6 heteroatoms. The van der Waals surface area contributed by atoms with Crippen LogP contribution in [0.4, 0.5) is 0 Å². The summed E-state index contributed by atoms with van der Waals surface area (Å²) in [5, 5.41) is 9.76. The molecule has 1 aromatic heterocycles. The van der Waals surface area contributed by atoms with Gasteiger partial charge in [-0.15, -0.1) is 0 Å². The third kappa shape index (κ3) is 2.31. The van der Waals surface area contributed by atoms with Crippen molar-refractivity contribution in [2.75, 3.05) is 7.11 Å². The lowest BCUT2D eigenvalue weighted by Crippen LogP contribution is -2.15. The van der Waals surface area contributed by atoms with E-state index in [1.165, 1.54) is 13.2 Å². The number of aliphatic carboxylic acids is 1. The molecule has 94 valence electrons. The number of fused-ring (bicyclic) bond motifs is 1. The number of aromatic amines is 1. The molecule has 18 heavy (non-hydrogen) atoms. The van der Waals surface area contributed by atoms with Crippen molar-refractivity contribution in [2.24, 2.45) is 0 Å². The Kier molecular flexibility index (Phi) is 3.25. The quantitative estimate of drug-likeness (QED) is 0.889. The Labute approximate surface area is 107 Å². The van der Waals surface area contributed by atoms with Crippen molar-refractivity contribution in [3.8, 4) is 5.75 Å². The molecule has 0 atom stereocenters. The predicted octanol–water partition coefficient (Wildman–Crippen LogP) is 1.82. The predicted molar refractivity (Wildman–Crippen MR) is 67.5 cm³/mol. The monoisotopic (exact) mass is 267 g/mol. The maximum absolute atomic E-state index is 11.6. The van der Waals surface area contributed by atoms with Gasteiger partial charge in [0, 0.05) is 10.9 Å². The zero-order valence-corrected chi connectivity index (χ0v) is 10.2. The number of hydrogen-bond acceptors (Lipinski definition) is 3. The largest absolute Gasteiger partial charge is 0.495 e. The van der Waals surface area contributed by atoms with Gasteiger partial charge in [-0.2, -0.15) is 0 Å². The maximum atomic E-state index is 11.6. The van der Waals surface area contributed by atoms with Crippen molar-refractivity contribution in [3.05, 3.63) is 39.1 Å². The summed E-state index contributed by atoms with van der Waals surface area (Å²) >= 11 is 5.94. The number of hydrogen-bond donors (Lipinski definition) is 2. The van der Waals surface area contributed by atoms with E-state index in [0.717, 1.165) is 0 Å². The minimum Gasteiger partial charge on any atom is -0.495 e. The second-order valence-electron chi connectivity index (χ2n) is 3.77. The molecule has 0 amide bonds. The number of benzene rings is 1. The van der Waals surface area contributed by atoms with Gasteiger partial charge < -0.3 is 14.8 Å². The first-order valence-corrected chi connectivity index (χ1v) is 5.50. The van der Waals surface area contributed by atoms with Gasteiger partial charge in [0.05, 0.1) is 24.1 Å². The minimum absolute atomic E-state index is 0.194. The number of rotatable bonds is 3. The first-order chi connectivity index (χ1) is 8.51. The van der Waals surface area contributed by atoms with Crippen LogP contribution in [0.2, 0.25) is 5.02 Å². The molecule has 0 bridgehead atoms. The average Bonchev–Trinajstić information content (AvgIpc) is 2.29. The Hall–Kier alpha value is -2.01. The Morgan fingerprint density at radius 3 is 2.78 bits per heavy atom. The summed E-state index contributed by atoms with van der Waals surface area (Å²) < 4.78 is 5.06. The Balaban J connectivity index is 2.65. The van der Waals surface area contributed by atoms with Crippen molar-refractivity contribution in [1.29, 1.82) is 0 Å². The van der Waals surface area contributed by atoms with Crippen LogP contribution in [-0.2, 0) is 11.2 Å². The number of halogens is 1. The number of aromatic nitrogens is 1. The van der Waals surface area contributed by atoms with Crippen molar-refractivity contribution >= 4 is 28.5 Å². The third-order valence-electron chi connectivity index (χ3n) is 2.54. The highest BCUT2D eigenvalue weighted by Crippen LogP contribution is 2.28. The van der Waals surface area contributed by atoms with Gasteiger partial charge in [-0.3, -0.25) is 9.59 Å². The van der Waals surface area contributed by atoms with E-state index < -0.39 is 11.5 Å². The summed E-state index contributed by atoms with van der Waals surface area (Å²) in [6.45, 7) is 0. The molecule has 0 fully saturated rings. The lowest BCUT2D eigenvalue weighted by atomic mass is 10.1. The molecular weight excluding hydrogens is 258 g/mol. The second kappa shape index (κ2) is 4.70. The van der Waals surface area contributed by atoms with Crippen LogP contribution in [0.5, 0.6) is 5.75 Å². The van der Waals surface area contributed by atoms with Crippen LogP contribution in [0.1, 0.15) is 5.56 Å². The summed E-state index contributed by atoms with van der Waals surface area (Å²) in [4.78, 5) is 24.9. The number of nitrogens with one attached hydrogen (secondary N) is 1. The molecule has 1 heterocycles. The van der Waals surface area contributed by atoms with Crippen LogP contribution in [0.15, 0.2) is 23.0 Å². The lowest BCUT2D eigenvalue weighted by molar-refractivity contribution is -0.136. The van der Waals surface area contributed by atoms with Gasteiger partial charge in [-0.25, -0.2) is 0 Å². The molecule has 0 spiro atoms. The van der Waals surface area contributed by atoms with Gasteiger partial charge in [0.2, 0.25) is 0 Å². The second-order valence-corrected chi connectivity index (χ2v) is 4.18. The number of methoxy groups -OCH3 is 1. The normalized spacial score (nSPS) is 10.6. The number of H-pyrrole nitrogens is 1. The van der Waals surface area contributed by atoms with E-state index in [0.29, 0.717) is 21.7 Å². The van der Waals surface area contributed by atoms with Gasteiger partial charge >= 0.3 is 5.97 Å². The smallest absolute Gasteiger partial charge is 0.308 e. The van der Waals surface area contributed by atoms with Gasteiger partial charge in [0.15, 0.2) is 0 Å². The fraction of sp³-hybridized carbons (Fsp3) is 0.167. The number of ether oxygens (including phenoxy) is 1. The van der Waals surface area contributed by atoms with E-state index >= 15 is 0 Å². The number of carbonyl (C=O) groups is 1. The van der Waals surface area contributed by atoms with Gasteiger partial charge in [0.25, 0.3) is 5.56 Å². The molecule has 0 unspecified atom stereocenters. The summed E-state index contributed by atoms with van der Waals surface area (Å²) in [6.07, 6.45) is -0.323. The first-order valence-electron chi connectivity index (χ1n) is 5.12. The van der Waals surface area contributed by atoms with Crippen molar-refractivity contribution in [2.45, 2.75) is 6.42 Å². The zero-order valence-electron chi connectivity index (χ0n) is 9.49. The Morgan fingerprint density at radius 1 is 1.44 bits per heavy atom. The highest BCUT2D eigenvalue weighted by molar-refractivity contribution is 6.32. The maximum Gasteiger partial charge on any atom is 0.308 e. The van der Waals surface area contributed by atoms with Gasteiger partial charge in [-0.1, -0.05) is 11.6 Å². The van der Waals surface area contributed by atoms with Gasteiger partial charge in [0.1, 0.15) is 5.75 Å². The highest BCUT2D eigenvalue weighted by Gasteiger charge is 2.09. The third-order valence-corrected chi connectivity index (χ3v) is 2.83. The summed E-state index contributed by atoms with van der Waals surface area (Å²) in [6, 6.07) is 4.75. The first kappa shape index (κ1) is 12.4. The van der Waals surface area contributed by atoms with Crippen LogP contribution in [0.3, 0.4) is 0 Å². The van der Waals surface area contributed by atoms with Crippen molar-refractivity contribution < 1.29 is 14.6 Å². The van der Waals surface area contributed by atoms with E-state index in [4.69, 9.17) is 21.4 Å². The summed E-state index contributed by atoms with van der Waals surface area (Å²) in [5.74, 6) is -0.585. The van der Waals surface area contributed by atoms with Gasteiger partial charge in [-0.05, 0) is 18.2 Å². The van der Waals surface area contributed by atoms with E-state index in [9.17, 15) is 9.59 Å². The van der Waals surface area contributed by atoms with E-state index in [1.54, 1.807) is 12.1 Å². The molecule has 5 nitrogen and oxygen atoms in total. The zero-order chi connectivity index (χ0) is 13.3. The molecule has 0 radical (unpaired) electrons. The van der Waals surface area contributed by atoms with E-state index in [1.807, 2.05) is 0 Å². The standard InChI is InChI=1S/C12H10ClNO4/c1-18-10-3-6-2-7(4-11(15)16)12(17)14-9(6)5-8(10)13/h2-3,5H,4H2,1H3,(H,14,17)(H,15,16). The Bertz CT molecular complexity index is 678. The number of pyridine rings is 1. The molecular formula is C12H10ClNO4. The molecule has 2 rings (SSSR count). The lowest BCUT2D eigenvalue weighted by Gasteiger charge is -2.06. The van der Waals surface area contributed by atoms with E-state index in [2.05, 4.69) is 4.98 Å². The van der Waals surface area contributed by atoms with Crippen molar-refractivity contribution in [3.63, 3.8) is 0 Å². The van der Waals surface area contributed by atoms with Crippen molar-refractivity contribution in [1.82, 2.24) is 4.98 Å². The SMILES string of the molecule is COc1cc2cc(CC(=O)O)c(=O)[nH]c2cc1Cl. The summed E-state index contributed by atoms with van der Waals surface area (Å²) in [7, 11) is 1.48. The fourth-order valence-corrected chi connectivity index (χ4v) is 1.94. The topological polar surface area (TPSA) is 79.4 Å². The molecule has 0 aliphatic carbocycles. The molecule has 0 saturated heterocycles. The van der Waals surface area contributed by atoms with Crippen LogP contribution >= 0.6 is 11.6 Å². The van der Waals surface area contributed by atoms with Crippen LogP contribution in [-0.4, -0.2) is 23.2 Å². The van der Waals surface area contributed by atoms with E-state index in [-0.39, 0.29) is 12.0 Å². The Morgan fingerprint density at radius 2 is 2.17 bits per heavy atom. The fourth-order valence-electron chi connectivity index (χ4n) is 1.70. The molecule has 2 aromatic rings. The van der Waals surface area contributed by atoms with Crippen LogP contribution in [0, 0.1) is 0 Å². The molecule has 0 saturated carbocycles. The molecule has 1 aromatic carbocycles. The van der Waals surface area contributed by atoms with Crippen LogP contribution < -0.4 is 10.3 Å². The number of carboxylic acid groups (broad SMARTS) is 1. The summed E-state index contributed by atoms with van der Waals surface area (Å²) in [5.41, 5.74) is 0.311. The average molecular weight is 268 g/mol. The molecule has 2 N–H and O–H groups in total. The van der Waals surface area contributed by atoms with Crippen LogP contribution in [0.25, 0.3) is 10.9 Å². The number of carboxylic acids is 1. The highest BCUT2D eigenvalue weighted by atomic mass is 35.5.